The van der Waals surface area contributed by atoms with Crippen molar-refractivity contribution >= 4 is 12.2 Å². The number of rotatable bonds is 2. The highest BCUT2D eigenvalue weighted by atomic mass is 16.6. The maximum atomic E-state index is 12.3. The molecule has 0 radical (unpaired) electrons. The van der Waals surface area contributed by atoms with Gasteiger partial charge in [-0.1, -0.05) is 6.07 Å². The van der Waals surface area contributed by atoms with Crippen LogP contribution in [0.2, 0.25) is 0 Å². The molecule has 0 aromatic carbocycles. The van der Waals surface area contributed by atoms with Crippen LogP contribution in [-0.4, -0.2) is 64.4 Å². The second-order valence-corrected chi connectivity index (χ2v) is 11.0. The van der Waals surface area contributed by atoms with Crippen LogP contribution in [0.4, 0.5) is 9.59 Å². The summed E-state index contributed by atoms with van der Waals surface area (Å²) in [5, 5.41) is 0. The molecule has 0 unspecified atom stereocenters. The second kappa shape index (κ2) is 9.67. The molecule has 0 N–H and O–H groups in total. The first-order valence-corrected chi connectivity index (χ1v) is 11.8. The third-order valence-electron chi connectivity index (χ3n) is 5.99. The van der Waals surface area contributed by atoms with Crippen molar-refractivity contribution in [2.24, 2.45) is 0 Å². The Balaban J connectivity index is 1.48. The van der Waals surface area contributed by atoms with E-state index in [0.717, 1.165) is 31.4 Å². The summed E-state index contributed by atoms with van der Waals surface area (Å²) < 4.78 is 11.0. The van der Waals surface area contributed by atoms with Crippen LogP contribution in [0.25, 0.3) is 0 Å². The minimum Gasteiger partial charge on any atom is -0.444 e. The summed E-state index contributed by atoms with van der Waals surface area (Å²) in [6.45, 7) is 14.2. The Morgan fingerprint density at radius 2 is 1.22 bits per heavy atom. The lowest BCUT2D eigenvalue weighted by molar-refractivity contribution is 0.0193. The first-order valence-electron chi connectivity index (χ1n) is 11.8. The molecule has 2 aliphatic heterocycles. The molecule has 7 nitrogen and oxygen atoms in total. The minimum absolute atomic E-state index is 0.220. The fourth-order valence-electron chi connectivity index (χ4n) is 4.31. The Bertz CT molecular complexity index is 712. The molecular formula is C25H39N3O4. The fourth-order valence-corrected chi connectivity index (χ4v) is 4.31. The van der Waals surface area contributed by atoms with Crippen molar-refractivity contribution in [1.82, 2.24) is 14.8 Å². The SMILES string of the molecule is CC(C)(C)OC(=O)N1CCC(c2ccc(C3CCN(C(=O)OC(C)(C)C)CC3)nc2)CC1. The van der Waals surface area contributed by atoms with E-state index >= 15 is 0 Å². The monoisotopic (exact) mass is 445 g/mol. The van der Waals surface area contributed by atoms with Gasteiger partial charge in [0.2, 0.25) is 0 Å². The van der Waals surface area contributed by atoms with Gasteiger partial charge in [0.1, 0.15) is 11.2 Å². The summed E-state index contributed by atoms with van der Waals surface area (Å²) in [5.41, 5.74) is 1.41. The number of ether oxygens (including phenoxy) is 2. The highest BCUT2D eigenvalue weighted by Crippen LogP contribution is 2.31. The summed E-state index contributed by atoms with van der Waals surface area (Å²) in [6, 6.07) is 4.33. The Kier molecular flexibility index (Phi) is 7.36. The molecule has 1 aromatic rings. The van der Waals surface area contributed by atoms with Gasteiger partial charge in [-0.2, -0.15) is 0 Å². The molecule has 2 amide bonds. The Morgan fingerprint density at radius 3 is 1.59 bits per heavy atom. The lowest BCUT2D eigenvalue weighted by Gasteiger charge is -2.34. The van der Waals surface area contributed by atoms with Gasteiger partial charge < -0.3 is 19.3 Å². The number of nitrogens with zero attached hydrogens (tertiary/aromatic N) is 3. The van der Waals surface area contributed by atoms with Crippen molar-refractivity contribution in [1.29, 1.82) is 0 Å². The summed E-state index contributed by atoms with van der Waals surface area (Å²) >= 11 is 0. The van der Waals surface area contributed by atoms with Gasteiger partial charge in [-0.05, 0) is 84.8 Å². The van der Waals surface area contributed by atoms with E-state index in [4.69, 9.17) is 14.5 Å². The van der Waals surface area contributed by atoms with Crippen molar-refractivity contribution in [3.63, 3.8) is 0 Å². The smallest absolute Gasteiger partial charge is 0.410 e. The van der Waals surface area contributed by atoms with Crippen molar-refractivity contribution in [3.8, 4) is 0 Å². The van der Waals surface area contributed by atoms with Gasteiger partial charge >= 0.3 is 12.2 Å². The number of likely N-dealkylation sites (tertiary alicyclic amines) is 2. The predicted molar refractivity (Wildman–Crippen MR) is 124 cm³/mol. The largest absolute Gasteiger partial charge is 0.444 e. The number of hydrogen-bond acceptors (Lipinski definition) is 5. The van der Waals surface area contributed by atoms with Gasteiger partial charge in [-0.3, -0.25) is 4.98 Å². The van der Waals surface area contributed by atoms with Crippen LogP contribution in [0, 0.1) is 0 Å². The molecule has 7 heteroatoms. The summed E-state index contributed by atoms with van der Waals surface area (Å²) in [4.78, 5) is 32.9. The molecule has 2 saturated heterocycles. The van der Waals surface area contributed by atoms with E-state index < -0.39 is 11.2 Å². The number of carbonyl (C=O) groups excluding carboxylic acids is 2. The Labute approximate surface area is 192 Å². The summed E-state index contributed by atoms with van der Waals surface area (Å²) in [5.74, 6) is 0.793. The van der Waals surface area contributed by atoms with Crippen LogP contribution in [-0.2, 0) is 9.47 Å². The van der Waals surface area contributed by atoms with Gasteiger partial charge in [0.15, 0.2) is 0 Å². The first kappa shape index (κ1) is 24.3. The number of pyridine rings is 1. The van der Waals surface area contributed by atoms with Crippen LogP contribution in [0.1, 0.15) is 90.3 Å². The van der Waals surface area contributed by atoms with Gasteiger partial charge in [0.05, 0.1) is 0 Å². The highest BCUT2D eigenvalue weighted by Gasteiger charge is 2.29. The lowest BCUT2D eigenvalue weighted by Crippen LogP contribution is -2.41. The van der Waals surface area contributed by atoms with Gasteiger partial charge in [-0.15, -0.1) is 0 Å². The van der Waals surface area contributed by atoms with Crippen LogP contribution >= 0.6 is 0 Å². The number of amides is 2. The summed E-state index contributed by atoms with van der Waals surface area (Å²) in [6.07, 6.45) is 5.21. The third kappa shape index (κ3) is 6.84. The van der Waals surface area contributed by atoms with Crippen molar-refractivity contribution in [2.75, 3.05) is 26.2 Å². The van der Waals surface area contributed by atoms with Gasteiger partial charge in [-0.25, -0.2) is 9.59 Å². The second-order valence-electron chi connectivity index (χ2n) is 11.0. The number of piperidine rings is 2. The minimum atomic E-state index is -0.464. The normalized spacial score (nSPS) is 19.1. The molecule has 178 valence electrons. The molecule has 2 aliphatic rings. The van der Waals surface area contributed by atoms with Gasteiger partial charge in [0, 0.05) is 44.0 Å². The molecule has 1 aromatic heterocycles. The molecule has 0 aliphatic carbocycles. The van der Waals surface area contributed by atoms with Crippen molar-refractivity contribution < 1.29 is 19.1 Å². The topological polar surface area (TPSA) is 72.0 Å². The fraction of sp³-hybridized carbons (Fsp3) is 0.720. The van der Waals surface area contributed by atoms with E-state index in [2.05, 4.69) is 12.1 Å². The zero-order valence-electron chi connectivity index (χ0n) is 20.5. The molecular weight excluding hydrogens is 406 g/mol. The number of aromatic nitrogens is 1. The quantitative estimate of drug-likeness (QED) is 0.617. The van der Waals surface area contributed by atoms with E-state index in [1.807, 2.05) is 52.6 Å². The molecule has 0 spiro atoms. The van der Waals surface area contributed by atoms with Gasteiger partial charge in [0.25, 0.3) is 0 Å². The number of carbonyl (C=O) groups is 2. The molecule has 2 fully saturated rings. The maximum absolute atomic E-state index is 12.3. The Morgan fingerprint density at radius 1 is 0.781 bits per heavy atom. The average molecular weight is 446 g/mol. The maximum Gasteiger partial charge on any atom is 0.410 e. The lowest BCUT2D eigenvalue weighted by atomic mass is 9.89. The predicted octanol–water partition coefficient (Wildman–Crippen LogP) is 5.31. The van der Waals surface area contributed by atoms with E-state index in [1.54, 1.807) is 4.90 Å². The van der Waals surface area contributed by atoms with E-state index in [9.17, 15) is 9.59 Å². The van der Waals surface area contributed by atoms with E-state index in [0.29, 0.717) is 38.0 Å². The van der Waals surface area contributed by atoms with E-state index in [-0.39, 0.29) is 12.2 Å². The van der Waals surface area contributed by atoms with Crippen LogP contribution in [0.3, 0.4) is 0 Å². The Hall–Kier alpha value is -2.31. The molecule has 0 saturated carbocycles. The standard InChI is InChI=1S/C25H39N3O4/c1-24(2,3)31-22(29)27-13-9-18(10-14-27)20-7-8-21(26-17-20)19-11-15-28(16-12-19)23(30)32-25(4,5)6/h7-8,17-19H,9-16H2,1-6H3. The molecule has 0 atom stereocenters. The molecule has 3 rings (SSSR count). The van der Waals surface area contributed by atoms with Crippen LogP contribution < -0.4 is 0 Å². The zero-order chi connectivity index (χ0) is 23.5. The summed E-state index contributed by atoms with van der Waals surface area (Å²) in [7, 11) is 0. The molecule has 32 heavy (non-hydrogen) atoms. The van der Waals surface area contributed by atoms with Crippen LogP contribution in [0.5, 0.6) is 0 Å². The van der Waals surface area contributed by atoms with Crippen molar-refractivity contribution in [3.05, 3.63) is 29.6 Å². The van der Waals surface area contributed by atoms with Crippen molar-refractivity contribution in [2.45, 2.75) is 90.3 Å². The number of hydrogen-bond donors (Lipinski definition) is 0. The average Bonchev–Trinajstić information content (AvgIpc) is 2.72. The third-order valence-corrected chi connectivity index (χ3v) is 5.99. The highest BCUT2D eigenvalue weighted by molar-refractivity contribution is 5.68. The molecule has 3 heterocycles. The van der Waals surface area contributed by atoms with Crippen LogP contribution in [0.15, 0.2) is 18.3 Å². The molecule has 0 bridgehead atoms. The first-order chi connectivity index (χ1) is 14.9. The zero-order valence-corrected chi connectivity index (χ0v) is 20.5. The van der Waals surface area contributed by atoms with E-state index in [1.165, 1.54) is 5.56 Å².